The molecule has 1 aromatic heterocycles. The third-order valence-electron chi connectivity index (χ3n) is 4.00. The minimum Gasteiger partial charge on any atom is -0.496 e. The van der Waals surface area contributed by atoms with E-state index >= 15 is 0 Å². The van der Waals surface area contributed by atoms with Gasteiger partial charge in [-0.05, 0) is 42.3 Å². The molecule has 1 heterocycles. The molecule has 158 valence electrons. The van der Waals surface area contributed by atoms with Crippen molar-refractivity contribution in [3.63, 3.8) is 0 Å². The topological polar surface area (TPSA) is 35.5 Å². The van der Waals surface area contributed by atoms with Crippen LogP contribution in [0.15, 0.2) is 36.4 Å². The molecule has 0 saturated carbocycles. The lowest BCUT2D eigenvalue weighted by Gasteiger charge is -2.16. The van der Waals surface area contributed by atoms with E-state index in [4.69, 9.17) is 9.47 Å². The van der Waals surface area contributed by atoms with Crippen molar-refractivity contribution in [3.05, 3.63) is 57.3 Å². The third kappa shape index (κ3) is 6.68. The Bertz CT molecular complexity index is 846. The maximum absolute atomic E-state index is 13.0. The zero-order chi connectivity index (χ0) is 21.4. The van der Waals surface area contributed by atoms with Gasteiger partial charge in [-0.3, -0.25) is 4.79 Å². The van der Waals surface area contributed by atoms with Crippen molar-refractivity contribution in [2.24, 2.45) is 0 Å². The lowest BCUT2D eigenvalue weighted by Crippen LogP contribution is -2.32. The Balaban J connectivity index is 2.06. The van der Waals surface area contributed by atoms with Gasteiger partial charge in [0.2, 0.25) is 0 Å². The van der Waals surface area contributed by atoms with Crippen LogP contribution in [0.25, 0.3) is 6.08 Å². The Labute approximate surface area is 171 Å². The predicted octanol–water partition coefficient (Wildman–Crippen LogP) is 6.02. The Morgan fingerprint density at radius 2 is 2.00 bits per heavy atom. The number of carbonyl (C=O) groups excluding carboxylic acids is 1. The molecule has 0 aliphatic heterocycles. The highest BCUT2D eigenvalue weighted by Gasteiger charge is 2.40. The first kappa shape index (κ1) is 23.1. The predicted molar refractivity (Wildman–Crippen MR) is 105 cm³/mol. The van der Waals surface area contributed by atoms with E-state index in [9.17, 15) is 22.4 Å². The molecule has 2 aromatic rings. The fourth-order valence-corrected chi connectivity index (χ4v) is 3.55. The first-order valence-corrected chi connectivity index (χ1v) is 9.80. The first-order valence-electron chi connectivity index (χ1n) is 8.98. The molecule has 0 aliphatic carbocycles. The number of alkyl halides is 4. The van der Waals surface area contributed by atoms with Gasteiger partial charge in [-0.15, -0.1) is 11.3 Å². The molecule has 1 aromatic carbocycles. The van der Waals surface area contributed by atoms with Crippen LogP contribution in [0.2, 0.25) is 0 Å². The zero-order valence-electron chi connectivity index (χ0n) is 16.1. The SMILES string of the molecule is CCCc1ccc(C(=O)/C=C/c2ccc(OC)c(COCC(F)(F)C(F)F)c2)s1. The second-order valence-corrected chi connectivity index (χ2v) is 7.51. The summed E-state index contributed by atoms with van der Waals surface area (Å²) in [7, 11) is 1.40. The Kier molecular flexibility index (Phi) is 8.40. The molecular weight excluding hydrogens is 408 g/mol. The number of methoxy groups -OCH3 is 1. The smallest absolute Gasteiger partial charge is 0.330 e. The minimum absolute atomic E-state index is 0.137. The van der Waals surface area contributed by atoms with E-state index in [-0.39, 0.29) is 12.4 Å². The Morgan fingerprint density at radius 3 is 2.66 bits per heavy atom. The summed E-state index contributed by atoms with van der Waals surface area (Å²) in [5.41, 5.74) is 1.04. The van der Waals surface area contributed by atoms with Crippen LogP contribution >= 0.6 is 11.3 Å². The number of hydrogen-bond acceptors (Lipinski definition) is 4. The fraction of sp³-hybridized carbons (Fsp3) is 0.381. The Morgan fingerprint density at radius 1 is 1.24 bits per heavy atom. The van der Waals surface area contributed by atoms with Crippen molar-refractivity contribution in [2.75, 3.05) is 13.7 Å². The van der Waals surface area contributed by atoms with E-state index in [0.717, 1.165) is 17.7 Å². The number of rotatable bonds is 11. The summed E-state index contributed by atoms with van der Waals surface area (Å²) in [6, 6.07) is 8.61. The van der Waals surface area contributed by atoms with Crippen molar-refractivity contribution in [3.8, 4) is 5.75 Å². The van der Waals surface area contributed by atoms with Crippen molar-refractivity contribution < 1.29 is 31.8 Å². The fourth-order valence-electron chi connectivity index (χ4n) is 2.52. The molecule has 0 N–H and O–H groups in total. The van der Waals surface area contributed by atoms with E-state index in [1.807, 2.05) is 6.07 Å². The van der Waals surface area contributed by atoms with Crippen LogP contribution in [0.1, 0.15) is 39.0 Å². The van der Waals surface area contributed by atoms with Crippen molar-refractivity contribution in [2.45, 2.75) is 38.7 Å². The van der Waals surface area contributed by atoms with E-state index < -0.39 is 19.0 Å². The van der Waals surface area contributed by atoms with Crippen LogP contribution in [0, 0.1) is 0 Å². The normalized spacial score (nSPS) is 12.1. The molecule has 2 rings (SSSR count). The quantitative estimate of drug-likeness (QED) is 0.248. The van der Waals surface area contributed by atoms with E-state index in [1.54, 1.807) is 30.3 Å². The zero-order valence-corrected chi connectivity index (χ0v) is 16.9. The number of allylic oxidation sites excluding steroid dienone is 1. The highest BCUT2D eigenvalue weighted by atomic mass is 32.1. The summed E-state index contributed by atoms with van der Waals surface area (Å²) in [4.78, 5) is 14.1. The summed E-state index contributed by atoms with van der Waals surface area (Å²) >= 11 is 1.45. The number of thiophene rings is 1. The molecule has 3 nitrogen and oxygen atoms in total. The van der Waals surface area contributed by atoms with Crippen LogP contribution in [0.5, 0.6) is 5.75 Å². The van der Waals surface area contributed by atoms with Gasteiger partial charge in [0.1, 0.15) is 12.4 Å². The second-order valence-electron chi connectivity index (χ2n) is 6.34. The molecule has 0 aliphatic rings. The lowest BCUT2D eigenvalue weighted by atomic mass is 10.1. The molecule has 0 amide bonds. The largest absolute Gasteiger partial charge is 0.496 e. The average molecular weight is 430 g/mol. The molecule has 0 fully saturated rings. The number of carbonyl (C=O) groups is 1. The Hall–Kier alpha value is -2.19. The summed E-state index contributed by atoms with van der Waals surface area (Å²) in [6.45, 7) is 0.345. The van der Waals surface area contributed by atoms with Gasteiger partial charge in [0.15, 0.2) is 5.78 Å². The van der Waals surface area contributed by atoms with Gasteiger partial charge in [0.25, 0.3) is 0 Å². The maximum Gasteiger partial charge on any atom is 0.330 e. The number of ether oxygens (including phenoxy) is 2. The van der Waals surface area contributed by atoms with Gasteiger partial charge in [0, 0.05) is 10.4 Å². The molecular formula is C21H22F4O3S. The van der Waals surface area contributed by atoms with Crippen molar-refractivity contribution >= 4 is 23.2 Å². The number of aryl methyl sites for hydroxylation is 1. The standard InChI is InChI=1S/C21H22F4O3S/c1-3-4-16-7-10-19(29-16)17(26)8-5-14-6-9-18(27-2)15(11-14)12-28-13-21(24,25)20(22)23/h5-11,20H,3-4,12-13H2,1-2H3/b8-5+. The maximum atomic E-state index is 13.0. The van der Waals surface area contributed by atoms with E-state index in [1.165, 1.54) is 24.5 Å². The van der Waals surface area contributed by atoms with Crippen LogP contribution in [0.4, 0.5) is 17.6 Å². The monoisotopic (exact) mass is 430 g/mol. The van der Waals surface area contributed by atoms with Gasteiger partial charge in [-0.2, -0.15) is 8.78 Å². The highest BCUT2D eigenvalue weighted by molar-refractivity contribution is 7.14. The van der Waals surface area contributed by atoms with Gasteiger partial charge in [-0.1, -0.05) is 25.5 Å². The number of hydrogen-bond donors (Lipinski definition) is 0. The van der Waals surface area contributed by atoms with Gasteiger partial charge in [0.05, 0.1) is 18.6 Å². The average Bonchev–Trinajstić information content (AvgIpc) is 3.15. The van der Waals surface area contributed by atoms with Crippen molar-refractivity contribution in [1.82, 2.24) is 0 Å². The number of ketones is 1. The summed E-state index contributed by atoms with van der Waals surface area (Å²) < 4.78 is 60.3. The molecule has 8 heteroatoms. The first-order chi connectivity index (χ1) is 13.8. The number of benzene rings is 1. The van der Waals surface area contributed by atoms with E-state index in [2.05, 4.69) is 6.92 Å². The van der Waals surface area contributed by atoms with Gasteiger partial charge >= 0.3 is 12.3 Å². The van der Waals surface area contributed by atoms with Crippen LogP contribution in [0.3, 0.4) is 0 Å². The summed E-state index contributed by atoms with van der Waals surface area (Å²) in [5.74, 6) is -3.98. The lowest BCUT2D eigenvalue weighted by molar-refractivity contribution is -0.168. The van der Waals surface area contributed by atoms with Crippen LogP contribution < -0.4 is 4.74 Å². The van der Waals surface area contributed by atoms with Crippen LogP contribution in [-0.4, -0.2) is 31.8 Å². The molecule has 0 radical (unpaired) electrons. The molecule has 0 unspecified atom stereocenters. The molecule has 0 bridgehead atoms. The second kappa shape index (κ2) is 10.5. The molecule has 0 atom stereocenters. The molecule has 29 heavy (non-hydrogen) atoms. The number of halogens is 4. The van der Waals surface area contributed by atoms with Crippen molar-refractivity contribution in [1.29, 1.82) is 0 Å². The third-order valence-corrected chi connectivity index (χ3v) is 5.16. The highest BCUT2D eigenvalue weighted by Crippen LogP contribution is 2.26. The van der Waals surface area contributed by atoms with Crippen LogP contribution in [-0.2, 0) is 17.8 Å². The minimum atomic E-state index is -4.21. The van der Waals surface area contributed by atoms with E-state index in [0.29, 0.717) is 21.8 Å². The molecule has 0 saturated heterocycles. The summed E-state index contributed by atoms with van der Waals surface area (Å²) in [6.07, 6.45) is 1.16. The van der Waals surface area contributed by atoms with Gasteiger partial charge in [-0.25, -0.2) is 8.78 Å². The summed E-state index contributed by atoms with van der Waals surface area (Å²) in [5, 5.41) is 0. The molecule has 0 spiro atoms. The van der Waals surface area contributed by atoms with Gasteiger partial charge < -0.3 is 9.47 Å².